The molecular weight excluding hydrogens is 394 g/mol. The lowest BCUT2D eigenvalue weighted by molar-refractivity contribution is -0.205. The van der Waals surface area contributed by atoms with Gasteiger partial charge in [-0.05, 0) is 39.8 Å². The molecule has 0 saturated carbocycles. The minimum Gasteiger partial charge on any atom is -0.432 e. The van der Waals surface area contributed by atoms with Crippen LogP contribution < -0.4 is 5.73 Å². The maximum atomic E-state index is 11.9. The summed E-state index contributed by atoms with van der Waals surface area (Å²) in [5.41, 5.74) is 5.53. The molecule has 0 spiro atoms. The topological polar surface area (TPSA) is 143 Å². The minimum absolute atomic E-state index is 0.307. The van der Waals surface area contributed by atoms with E-state index in [-0.39, 0.29) is 12.7 Å². The standard InChI is InChI=1S/C19H23N5O6/c1-10(2)27-17(25)26-8-19(7-20)15-14(28-18(3,4)30-15)13(29-19)11-5-6-12-16(21)22-9-23-24(11)12/h5-6,9-10,13-15H,8H2,1-4H3,(H2,21,22,23)/t13-,14-,15-,19+/m0/s1. The number of hydrogen-bond donors (Lipinski definition) is 1. The number of aromatic nitrogens is 3. The number of nitrogens with zero attached hydrogens (tertiary/aromatic N) is 4. The molecule has 2 N–H and O–H groups in total. The van der Waals surface area contributed by atoms with E-state index < -0.39 is 35.9 Å². The van der Waals surface area contributed by atoms with Gasteiger partial charge >= 0.3 is 6.16 Å². The second-order valence-electron chi connectivity index (χ2n) is 7.97. The van der Waals surface area contributed by atoms with Crippen molar-refractivity contribution in [2.45, 2.75) is 63.5 Å². The summed E-state index contributed by atoms with van der Waals surface area (Å²) < 4.78 is 29.9. The average Bonchev–Trinajstić information content (AvgIpc) is 3.31. The Kier molecular flexibility index (Phi) is 4.80. The summed E-state index contributed by atoms with van der Waals surface area (Å²) in [5.74, 6) is -0.653. The molecule has 4 rings (SSSR count). The monoisotopic (exact) mass is 417 g/mol. The van der Waals surface area contributed by atoms with Gasteiger partial charge in [0.05, 0.1) is 11.8 Å². The molecule has 0 unspecified atom stereocenters. The van der Waals surface area contributed by atoms with E-state index in [2.05, 4.69) is 16.2 Å². The maximum absolute atomic E-state index is 11.9. The zero-order valence-electron chi connectivity index (χ0n) is 17.1. The van der Waals surface area contributed by atoms with Gasteiger partial charge in [0.15, 0.2) is 11.6 Å². The molecule has 11 heteroatoms. The van der Waals surface area contributed by atoms with Gasteiger partial charge in [0.1, 0.15) is 42.8 Å². The van der Waals surface area contributed by atoms with Crippen molar-refractivity contribution in [3.05, 3.63) is 24.2 Å². The Hall–Kier alpha value is -2.94. The van der Waals surface area contributed by atoms with E-state index in [1.54, 1.807) is 44.3 Å². The van der Waals surface area contributed by atoms with Crippen molar-refractivity contribution in [2.24, 2.45) is 0 Å². The van der Waals surface area contributed by atoms with Gasteiger partial charge in [0.25, 0.3) is 0 Å². The first-order chi connectivity index (χ1) is 14.2. The zero-order chi connectivity index (χ0) is 21.7. The number of anilines is 1. The molecule has 4 heterocycles. The highest BCUT2D eigenvalue weighted by atomic mass is 16.8. The summed E-state index contributed by atoms with van der Waals surface area (Å²) in [6, 6.07) is 5.65. The van der Waals surface area contributed by atoms with Crippen molar-refractivity contribution in [1.82, 2.24) is 14.6 Å². The minimum atomic E-state index is -1.60. The van der Waals surface area contributed by atoms with Crippen LogP contribution in [0, 0.1) is 11.3 Å². The third-order valence-electron chi connectivity index (χ3n) is 4.95. The van der Waals surface area contributed by atoms with Gasteiger partial charge in [-0.3, -0.25) is 0 Å². The van der Waals surface area contributed by atoms with Crippen LogP contribution in [-0.4, -0.2) is 57.1 Å². The molecular formula is C19H23N5O6. The molecule has 2 fully saturated rings. The van der Waals surface area contributed by atoms with Gasteiger partial charge in [0.2, 0.25) is 5.60 Å². The number of nitrogens with two attached hydrogens (primary N) is 1. The molecule has 0 aliphatic carbocycles. The van der Waals surface area contributed by atoms with E-state index >= 15 is 0 Å². The Morgan fingerprint density at radius 1 is 1.37 bits per heavy atom. The zero-order valence-corrected chi connectivity index (χ0v) is 17.1. The van der Waals surface area contributed by atoms with Crippen molar-refractivity contribution in [2.75, 3.05) is 12.3 Å². The van der Waals surface area contributed by atoms with Crippen LogP contribution in [0.1, 0.15) is 39.5 Å². The lowest BCUT2D eigenvalue weighted by Gasteiger charge is -2.28. The largest absolute Gasteiger partial charge is 0.508 e. The molecule has 2 aromatic heterocycles. The molecule has 0 radical (unpaired) electrons. The van der Waals surface area contributed by atoms with Crippen LogP contribution in [0.4, 0.5) is 10.6 Å². The van der Waals surface area contributed by atoms with Crippen molar-refractivity contribution in [3.8, 4) is 6.07 Å². The first-order valence-electron chi connectivity index (χ1n) is 9.52. The van der Waals surface area contributed by atoms with Crippen LogP contribution in [0.3, 0.4) is 0 Å². The first kappa shape index (κ1) is 20.3. The van der Waals surface area contributed by atoms with Gasteiger partial charge in [-0.25, -0.2) is 14.3 Å². The second-order valence-corrected chi connectivity index (χ2v) is 7.97. The van der Waals surface area contributed by atoms with Crippen LogP contribution in [0.5, 0.6) is 0 Å². The third kappa shape index (κ3) is 3.32. The molecule has 160 valence electrons. The molecule has 2 aromatic rings. The van der Waals surface area contributed by atoms with Gasteiger partial charge in [-0.1, -0.05) is 0 Å². The van der Waals surface area contributed by atoms with Crippen molar-refractivity contribution in [3.63, 3.8) is 0 Å². The number of carbonyl (C=O) groups excluding carboxylic acids is 1. The summed E-state index contributed by atoms with van der Waals surface area (Å²) in [5, 5.41) is 14.2. The molecule has 30 heavy (non-hydrogen) atoms. The second kappa shape index (κ2) is 7.09. The number of nitrogen functional groups attached to an aromatic ring is 1. The molecule has 2 aliphatic rings. The Bertz CT molecular complexity index is 1010. The number of rotatable bonds is 4. The Morgan fingerprint density at radius 3 is 2.83 bits per heavy atom. The molecule has 4 atom stereocenters. The van der Waals surface area contributed by atoms with E-state index in [4.69, 9.17) is 29.4 Å². The maximum Gasteiger partial charge on any atom is 0.508 e. The predicted molar refractivity (Wildman–Crippen MR) is 101 cm³/mol. The quantitative estimate of drug-likeness (QED) is 0.730. The van der Waals surface area contributed by atoms with Gasteiger partial charge in [0, 0.05) is 0 Å². The van der Waals surface area contributed by atoms with E-state index in [0.717, 1.165) is 0 Å². The Morgan fingerprint density at radius 2 is 2.13 bits per heavy atom. The summed E-state index contributed by atoms with van der Waals surface area (Å²) in [4.78, 5) is 15.9. The van der Waals surface area contributed by atoms with Crippen molar-refractivity contribution in [1.29, 1.82) is 5.26 Å². The number of hydrogen-bond acceptors (Lipinski definition) is 10. The molecule has 0 bridgehead atoms. The van der Waals surface area contributed by atoms with Crippen LogP contribution in [0.15, 0.2) is 18.5 Å². The van der Waals surface area contributed by atoms with Crippen LogP contribution >= 0.6 is 0 Å². The fourth-order valence-corrected chi connectivity index (χ4v) is 3.78. The molecule has 2 aliphatic heterocycles. The van der Waals surface area contributed by atoms with Crippen LogP contribution in [-0.2, 0) is 23.7 Å². The summed E-state index contributed by atoms with van der Waals surface area (Å²) in [7, 11) is 0. The van der Waals surface area contributed by atoms with Crippen molar-refractivity contribution >= 4 is 17.5 Å². The first-order valence-corrected chi connectivity index (χ1v) is 9.52. The van der Waals surface area contributed by atoms with E-state index in [0.29, 0.717) is 17.0 Å². The van der Waals surface area contributed by atoms with Crippen molar-refractivity contribution < 1.29 is 28.5 Å². The van der Waals surface area contributed by atoms with E-state index in [9.17, 15) is 10.1 Å². The van der Waals surface area contributed by atoms with Gasteiger partial charge < -0.3 is 29.4 Å². The summed E-state index contributed by atoms with van der Waals surface area (Å²) in [6.07, 6.45) is -2.09. The normalized spacial score (nSPS) is 29.7. The fraction of sp³-hybridized carbons (Fsp3) is 0.579. The third-order valence-corrected chi connectivity index (χ3v) is 4.95. The fourth-order valence-electron chi connectivity index (χ4n) is 3.78. The number of fused-ring (bicyclic) bond motifs is 2. The van der Waals surface area contributed by atoms with Crippen LogP contribution in [0.25, 0.3) is 5.52 Å². The highest BCUT2D eigenvalue weighted by Crippen LogP contribution is 2.50. The molecule has 2 saturated heterocycles. The lowest BCUT2D eigenvalue weighted by Crippen LogP contribution is -2.46. The Balaban J connectivity index is 1.68. The molecule has 11 nitrogen and oxygen atoms in total. The van der Waals surface area contributed by atoms with Gasteiger partial charge in [-0.15, -0.1) is 0 Å². The van der Waals surface area contributed by atoms with E-state index in [1.807, 2.05) is 0 Å². The smallest absolute Gasteiger partial charge is 0.432 e. The van der Waals surface area contributed by atoms with E-state index in [1.165, 1.54) is 6.33 Å². The average molecular weight is 417 g/mol. The highest BCUT2D eigenvalue weighted by Gasteiger charge is 2.65. The van der Waals surface area contributed by atoms with Crippen LogP contribution in [0.2, 0.25) is 0 Å². The molecule has 0 aromatic carbocycles. The highest BCUT2D eigenvalue weighted by molar-refractivity contribution is 5.65. The number of ether oxygens (including phenoxy) is 5. The number of carbonyl (C=O) groups is 1. The SMILES string of the molecule is CC(C)OC(=O)OC[C@@]1(C#N)O[C@@H](c2ccc3c(N)ncnn23)[C@@H]2OC(C)(C)O[C@@H]21. The summed E-state index contributed by atoms with van der Waals surface area (Å²) >= 11 is 0. The summed E-state index contributed by atoms with van der Waals surface area (Å²) in [6.45, 7) is 6.50. The Labute approximate surface area is 172 Å². The lowest BCUT2D eigenvalue weighted by atomic mass is 9.96. The number of nitriles is 1. The predicted octanol–water partition coefficient (Wildman–Crippen LogP) is 1.73. The van der Waals surface area contributed by atoms with Gasteiger partial charge in [-0.2, -0.15) is 10.4 Å². The molecule has 0 amide bonds.